The van der Waals surface area contributed by atoms with E-state index in [1.807, 2.05) is 11.8 Å². The van der Waals surface area contributed by atoms with Crippen LogP contribution in [0.1, 0.15) is 36.4 Å². The van der Waals surface area contributed by atoms with Crippen LogP contribution in [0.2, 0.25) is 0 Å². The van der Waals surface area contributed by atoms with Gasteiger partial charge >= 0.3 is 0 Å². The predicted octanol–water partition coefficient (Wildman–Crippen LogP) is 1.12. The van der Waals surface area contributed by atoms with Crippen molar-refractivity contribution >= 4 is 11.8 Å². The SMILES string of the molecule is NC1CSCC1c1nc(C2CCOCC2)no1. The number of nitrogens with zero attached hydrogens (tertiary/aromatic N) is 2. The van der Waals surface area contributed by atoms with Crippen LogP contribution >= 0.6 is 11.8 Å². The van der Waals surface area contributed by atoms with Crippen molar-refractivity contribution in [3.05, 3.63) is 11.7 Å². The first-order chi connectivity index (χ1) is 8.34. The van der Waals surface area contributed by atoms with Crippen molar-refractivity contribution in [1.82, 2.24) is 10.1 Å². The van der Waals surface area contributed by atoms with E-state index >= 15 is 0 Å². The number of rotatable bonds is 2. The van der Waals surface area contributed by atoms with E-state index < -0.39 is 0 Å². The second-order valence-corrected chi connectivity index (χ2v) is 5.76. The third kappa shape index (κ3) is 2.34. The van der Waals surface area contributed by atoms with Gasteiger partial charge in [0.2, 0.25) is 5.89 Å². The van der Waals surface area contributed by atoms with E-state index in [2.05, 4.69) is 10.1 Å². The molecular formula is C11H17N3O2S. The van der Waals surface area contributed by atoms with E-state index in [1.54, 1.807) is 0 Å². The lowest BCUT2D eigenvalue weighted by Crippen LogP contribution is -2.26. The molecule has 2 aliphatic heterocycles. The molecule has 0 amide bonds. The summed E-state index contributed by atoms with van der Waals surface area (Å²) in [5.74, 6) is 4.18. The van der Waals surface area contributed by atoms with Crippen molar-refractivity contribution in [2.75, 3.05) is 24.7 Å². The third-order valence-corrected chi connectivity index (χ3v) is 4.70. The van der Waals surface area contributed by atoms with Crippen LogP contribution in [0, 0.1) is 0 Å². The van der Waals surface area contributed by atoms with E-state index in [1.165, 1.54) is 0 Å². The van der Waals surface area contributed by atoms with Gasteiger partial charge in [0.05, 0.1) is 5.92 Å². The predicted molar refractivity (Wildman–Crippen MR) is 65.1 cm³/mol. The quantitative estimate of drug-likeness (QED) is 0.853. The highest BCUT2D eigenvalue weighted by molar-refractivity contribution is 7.99. The van der Waals surface area contributed by atoms with Gasteiger partial charge in [-0.05, 0) is 12.8 Å². The molecule has 3 rings (SSSR count). The van der Waals surface area contributed by atoms with E-state index in [0.717, 1.165) is 49.3 Å². The Morgan fingerprint density at radius 1 is 1.24 bits per heavy atom. The van der Waals surface area contributed by atoms with Crippen LogP contribution in [-0.4, -0.2) is 40.9 Å². The average Bonchev–Trinajstić information content (AvgIpc) is 2.98. The summed E-state index contributed by atoms with van der Waals surface area (Å²) in [5.41, 5.74) is 6.03. The summed E-state index contributed by atoms with van der Waals surface area (Å²) in [6, 6.07) is 0.156. The van der Waals surface area contributed by atoms with Crippen molar-refractivity contribution in [3.8, 4) is 0 Å². The summed E-state index contributed by atoms with van der Waals surface area (Å²) in [6.45, 7) is 1.60. The molecule has 2 aliphatic rings. The molecule has 17 heavy (non-hydrogen) atoms. The zero-order valence-electron chi connectivity index (χ0n) is 9.67. The van der Waals surface area contributed by atoms with Crippen LogP contribution in [0.3, 0.4) is 0 Å². The molecule has 1 aromatic heterocycles. The largest absolute Gasteiger partial charge is 0.381 e. The summed E-state index contributed by atoms with van der Waals surface area (Å²) < 4.78 is 10.7. The van der Waals surface area contributed by atoms with Crippen LogP contribution < -0.4 is 5.73 Å². The van der Waals surface area contributed by atoms with Gasteiger partial charge in [-0.3, -0.25) is 0 Å². The molecule has 0 bridgehead atoms. The van der Waals surface area contributed by atoms with E-state index in [4.69, 9.17) is 15.0 Å². The van der Waals surface area contributed by atoms with Crippen LogP contribution in [0.5, 0.6) is 0 Å². The summed E-state index contributed by atoms with van der Waals surface area (Å²) in [7, 11) is 0. The summed E-state index contributed by atoms with van der Waals surface area (Å²) in [4.78, 5) is 4.54. The molecule has 5 nitrogen and oxygen atoms in total. The fourth-order valence-corrected chi connectivity index (χ4v) is 3.63. The summed E-state index contributed by atoms with van der Waals surface area (Å²) >= 11 is 1.86. The first-order valence-electron chi connectivity index (χ1n) is 6.09. The summed E-state index contributed by atoms with van der Waals surface area (Å²) in [5, 5.41) is 4.11. The Hall–Kier alpha value is -0.590. The minimum absolute atomic E-state index is 0.156. The third-order valence-electron chi connectivity index (χ3n) is 3.49. The van der Waals surface area contributed by atoms with Gasteiger partial charge in [-0.15, -0.1) is 0 Å². The molecule has 0 aliphatic carbocycles. The van der Waals surface area contributed by atoms with Crippen LogP contribution in [-0.2, 0) is 4.74 Å². The van der Waals surface area contributed by atoms with Crippen molar-refractivity contribution in [2.45, 2.75) is 30.7 Å². The van der Waals surface area contributed by atoms with Crippen LogP contribution in [0.25, 0.3) is 0 Å². The number of thioether (sulfide) groups is 1. The zero-order chi connectivity index (χ0) is 11.7. The Kier molecular flexibility index (Phi) is 3.35. The van der Waals surface area contributed by atoms with Gasteiger partial charge in [0.15, 0.2) is 5.82 Å². The fourth-order valence-electron chi connectivity index (χ4n) is 2.34. The highest BCUT2D eigenvalue weighted by Gasteiger charge is 2.32. The normalized spacial score (nSPS) is 30.9. The van der Waals surface area contributed by atoms with Crippen molar-refractivity contribution in [1.29, 1.82) is 0 Å². The minimum Gasteiger partial charge on any atom is -0.381 e. The highest BCUT2D eigenvalue weighted by atomic mass is 32.2. The first-order valence-corrected chi connectivity index (χ1v) is 7.24. The molecule has 2 saturated heterocycles. The standard InChI is InChI=1S/C11H17N3O2S/c12-9-6-17-5-8(9)11-13-10(14-16-11)7-1-3-15-4-2-7/h7-9H,1-6,12H2. The molecule has 2 fully saturated rings. The van der Waals surface area contributed by atoms with Crippen LogP contribution in [0.15, 0.2) is 4.52 Å². The number of aromatic nitrogens is 2. The Bertz CT molecular complexity index is 379. The maximum absolute atomic E-state index is 6.03. The van der Waals surface area contributed by atoms with Gasteiger partial charge in [-0.1, -0.05) is 5.16 Å². The Labute approximate surface area is 104 Å². The van der Waals surface area contributed by atoms with Gasteiger partial charge < -0.3 is 15.0 Å². The van der Waals surface area contributed by atoms with E-state index in [0.29, 0.717) is 5.92 Å². The number of nitrogens with two attached hydrogens (primary N) is 1. The second-order valence-electron chi connectivity index (χ2n) is 4.69. The molecule has 1 aromatic rings. The number of ether oxygens (including phenoxy) is 1. The highest BCUT2D eigenvalue weighted by Crippen LogP contribution is 2.32. The average molecular weight is 255 g/mol. The lowest BCUT2D eigenvalue weighted by atomic mass is 9.99. The molecular weight excluding hydrogens is 238 g/mol. The fraction of sp³-hybridized carbons (Fsp3) is 0.818. The molecule has 94 valence electrons. The Morgan fingerprint density at radius 3 is 2.76 bits per heavy atom. The first kappa shape index (κ1) is 11.5. The summed E-state index contributed by atoms with van der Waals surface area (Å²) in [6.07, 6.45) is 1.98. The number of hydrogen-bond donors (Lipinski definition) is 1. The monoisotopic (exact) mass is 255 g/mol. The second kappa shape index (κ2) is 4.96. The zero-order valence-corrected chi connectivity index (χ0v) is 10.5. The molecule has 0 saturated carbocycles. The topological polar surface area (TPSA) is 74.2 Å². The maximum atomic E-state index is 6.03. The Morgan fingerprint density at radius 2 is 2.06 bits per heavy atom. The molecule has 2 atom stereocenters. The molecule has 0 spiro atoms. The Balaban J connectivity index is 1.73. The van der Waals surface area contributed by atoms with E-state index in [-0.39, 0.29) is 12.0 Å². The molecule has 2 N–H and O–H groups in total. The van der Waals surface area contributed by atoms with Crippen LogP contribution in [0.4, 0.5) is 0 Å². The van der Waals surface area contributed by atoms with E-state index in [9.17, 15) is 0 Å². The molecule has 2 unspecified atom stereocenters. The van der Waals surface area contributed by atoms with Gasteiger partial charge in [-0.25, -0.2) is 0 Å². The number of hydrogen-bond acceptors (Lipinski definition) is 6. The van der Waals surface area contributed by atoms with Gasteiger partial charge in [-0.2, -0.15) is 16.7 Å². The minimum atomic E-state index is 0.156. The molecule has 0 radical (unpaired) electrons. The molecule has 3 heterocycles. The lowest BCUT2D eigenvalue weighted by molar-refractivity contribution is 0.0830. The van der Waals surface area contributed by atoms with Gasteiger partial charge in [0, 0.05) is 36.7 Å². The van der Waals surface area contributed by atoms with Gasteiger partial charge in [0.25, 0.3) is 0 Å². The van der Waals surface area contributed by atoms with Crippen molar-refractivity contribution in [3.63, 3.8) is 0 Å². The smallest absolute Gasteiger partial charge is 0.232 e. The lowest BCUT2D eigenvalue weighted by Gasteiger charge is -2.18. The van der Waals surface area contributed by atoms with Gasteiger partial charge in [0.1, 0.15) is 0 Å². The van der Waals surface area contributed by atoms with Crippen molar-refractivity contribution in [2.24, 2.45) is 5.73 Å². The molecule has 0 aromatic carbocycles. The van der Waals surface area contributed by atoms with Crippen molar-refractivity contribution < 1.29 is 9.26 Å². The molecule has 6 heteroatoms. The maximum Gasteiger partial charge on any atom is 0.232 e.